The monoisotopic (exact) mass is 494 g/mol. The molecule has 0 bridgehead atoms. The third-order valence-corrected chi connectivity index (χ3v) is 7.62. The van der Waals surface area contributed by atoms with Crippen LogP contribution in [0.5, 0.6) is 0 Å². The highest BCUT2D eigenvalue weighted by molar-refractivity contribution is 7.88. The highest BCUT2D eigenvalue weighted by Crippen LogP contribution is 2.30. The standard InChI is InChI=1S/C20H19Cl2F3N2O3S/c21-17-6-1-13(11-18(17)22)12-31(29,30)27-9-7-14(8-10-27)19(28)26-16-4-2-15(3-5-16)20(23,24)25/h1-6,11,14H,7-10,12H2,(H,26,28). The Kier molecular flexibility index (Phi) is 7.20. The summed E-state index contributed by atoms with van der Waals surface area (Å²) < 4.78 is 64.6. The second-order valence-corrected chi connectivity index (χ2v) is 10.0. The third kappa shape index (κ3) is 6.12. The smallest absolute Gasteiger partial charge is 0.326 e. The van der Waals surface area contributed by atoms with E-state index in [-0.39, 0.29) is 35.5 Å². The van der Waals surface area contributed by atoms with E-state index in [9.17, 15) is 26.4 Å². The molecule has 168 valence electrons. The summed E-state index contributed by atoms with van der Waals surface area (Å²) >= 11 is 11.8. The van der Waals surface area contributed by atoms with Crippen LogP contribution in [-0.4, -0.2) is 31.7 Å². The predicted octanol–water partition coefficient (Wildman–Crippen LogP) is 5.19. The molecule has 0 radical (unpaired) electrons. The summed E-state index contributed by atoms with van der Waals surface area (Å²) in [5.74, 6) is -1.01. The van der Waals surface area contributed by atoms with E-state index < -0.39 is 27.7 Å². The van der Waals surface area contributed by atoms with E-state index in [1.54, 1.807) is 6.07 Å². The van der Waals surface area contributed by atoms with E-state index in [0.717, 1.165) is 12.1 Å². The van der Waals surface area contributed by atoms with Gasteiger partial charge in [0.05, 0.1) is 21.4 Å². The van der Waals surface area contributed by atoms with Crippen molar-refractivity contribution >= 4 is 44.8 Å². The van der Waals surface area contributed by atoms with Gasteiger partial charge in [-0.3, -0.25) is 4.79 Å². The van der Waals surface area contributed by atoms with Crippen molar-refractivity contribution in [3.8, 4) is 0 Å². The van der Waals surface area contributed by atoms with Crippen molar-refractivity contribution < 1.29 is 26.4 Å². The summed E-state index contributed by atoms with van der Waals surface area (Å²) in [5.41, 5.74) is -0.0322. The van der Waals surface area contributed by atoms with Gasteiger partial charge in [0.25, 0.3) is 0 Å². The fourth-order valence-corrected chi connectivity index (χ4v) is 5.19. The molecule has 0 aliphatic carbocycles. The summed E-state index contributed by atoms with van der Waals surface area (Å²) in [4.78, 5) is 12.4. The lowest BCUT2D eigenvalue weighted by Crippen LogP contribution is -2.41. The van der Waals surface area contributed by atoms with Crippen molar-refractivity contribution in [1.82, 2.24) is 4.31 Å². The molecule has 0 spiro atoms. The number of sulfonamides is 1. The quantitative estimate of drug-likeness (QED) is 0.621. The summed E-state index contributed by atoms with van der Waals surface area (Å²) in [6.45, 7) is 0.351. The molecule has 1 aliphatic heterocycles. The van der Waals surface area contributed by atoms with E-state index in [1.165, 1.54) is 28.6 Å². The zero-order valence-electron chi connectivity index (χ0n) is 16.1. The van der Waals surface area contributed by atoms with Crippen LogP contribution in [0, 0.1) is 5.92 Å². The maximum absolute atomic E-state index is 12.7. The lowest BCUT2D eigenvalue weighted by Gasteiger charge is -2.30. The third-order valence-electron chi connectivity index (χ3n) is 5.03. The largest absolute Gasteiger partial charge is 0.416 e. The molecule has 0 atom stereocenters. The molecule has 0 saturated carbocycles. The van der Waals surface area contributed by atoms with Crippen molar-refractivity contribution in [2.75, 3.05) is 18.4 Å². The maximum atomic E-state index is 12.7. The highest BCUT2D eigenvalue weighted by Gasteiger charge is 2.32. The van der Waals surface area contributed by atoms with E-state index in [2.05, 4.69) is 5.32 Å². The Morgan fingerprint density at radius 2 is 1.65 bits per heavy atom. The summed E-state index contributed by atoms with van der Waals surface area (Å²) in [7, 11) is -3.60. The number of hydrogen-bond donors (Lipinski definition) is 1. The van der Waals surface area contributed by atoms with E-state index >= 15 is 0 Å². The zero-order chi connectivity index (χ0) is 22.8. The Balaban J connectivity index is 1.55. The normalized spacial score (nSPS) is 16.3. The molecule has 1 amide bonds. The van der Waals surface area contributed by atoms with Crippen molar-refractivity contribution in [3.05, 3.63) is 63.6 Å². The van der Waals surface area contributed by atoms with Crippen LogP contribution in [0.25, 0.3) is 0 Å². The average molecular weight is 495 g/mol. The lowest BCUT2D eigenvalue weighted by atomic mass is 9.97. The minimum Gasteiger partial charge on any atom is -0.326 e. The van der Waals surface area contributed by atoms with Gasteiger partial charge in [-0.15, -0.1) is 0 Å². The first-order valence-corrected chi connectivity index (χ1v) is 11.7. The number of hydrogen-bond acceptors (Lipinski definition) is 3. The van der Waals surface area contributed by atoms with Crippen molar-refractivity contribution in [2.45, 2.75) is 24.8 Å². The first kappa shape index (κ1) is 23.8. The number of nitrogens with one attached hydrogen (secondary N) is 1. The van der Waals surface area contributed by atoms with Gasteiger partial charge in [-0.2, -0.15) is 13.2 Å². The Bertz CT molecular complexity index is 1050. The molecule has 2 aromatic carbocycles. The van der Waals surface area contributed by atoms with Gasteiger partial charge in [-0.05, 0) is 54.8 Å². The van der Waals surface area contributed by atoms with Crippen molar-refractivity contribution in [2.24, 2.45) is 5.92 Å². The molecular formula is C20H19Cl2F3N2O3S. The molecule has 2 aromatic rings. The van der Waals surface area contributed by atoms with E-state index in [1.807, 2.05) is 0 Å². The maximum Gasteiger partial charge on any atom is 0.416 e. The van der Waals surface area contributed by atoms with Crippen LogP contribution in [0.2, 0.25) is 10.0 Å². The van der Waals surface area contributed by atoms with Gasteiger partial charge < -0.3 is 5.32 Å². The van der Waals surface area contributed by atoms with Crippen LogP contribution in [0.1, 0.15) is 24.0 Å². The molecule has 11 heteroatoms. The van der Waals surface area contributed by atoms with Gasteiger partial charge in [0.2, 0.25) is 15.9 Å². The molecule has 1 fully saturated rings. The predicted molar refractivity (Wildman–Crippen MR) is 113 cm³/mol. The Labute approximate surface area is 188 Å². The minimum absolute atomic E-state index is 0.175. The molecular weight excluding hydrogens is 476 g/mol. The fourth-order valence-electron chi connectivity index (χ4n) is 3.31. The molecule has 5 nitrogen and oxygen atoms in total. The number of anilines is 1. The number of rotatable bonds is 5. The van der Waals surface area contributed by atoms with Gasteiger partial charge in [-0.25, -0.2) is 12.7 Å². The van der Waals surface area contributed by atoms with E-state index in [4.69, 9.17) is 23.2 Å². The average Bonchev–Trinajstić information content (AvgIpc) is 2.70. The number of halogens is 5. The molecule has 3 rings (SSSR count). The van der Waals surface area contributed by atoms with Crippen molar-refractivity contribution in [1.29, 1.82) is 0 Å². The molecule has 0 aromatic heterocycles. The van der Waals surface area contributed by atoms with Crippen LogP contribution in [-0.2, 0) is 26.7 Å². The summed E-state index contributed by atoms with van der Waals surface area (Å²) in [5, 5.41) is 3.20. The molecule has 1 N–H and O–H groups in total. The van der Waals surface area contributed by atoms with Gasteiger partial charge >= 0.3 is 6.18 Å². The highest BCUT2D eigenvalue weighted by atomic mass is 35.5. The number of amides is 1. The lowest BCUT2D eigenvalue weighted by molar-refractivity contribution is -0.137. The number of carbonyl (C=O) groups excluding carboxylic acids is 1. The van der Waals surface area contributed by atoms with Crippen LogP contribution in [0.4, 0.5) is 18.9 Å². The number of alkyl halides is 3. The number of benzene rings is 2. The Morgan fingerprint density at radius 3 is 2.19 bits per heavy atom. The van der Waals surface area contributed by atoms with Crippen LogP contribution < -0.4 is 5.32 Å². The van der Waals surface area contributed by atoms with Crippen LogP contribution in [0.3, 0.4) is 0 Å². The van der Waals surface area contributed by atoms with Gasteiger partial charge in [0.15, 0.2) is 0 Å². The summed E-state index contributed by atoms with van der Waals surface area (Å²) in [6.07, 6.45) is -3.82. The molecule has 1 aliphatic rings. The molecule has 0 unspecified atom stereocenters. The van der Waals surface area contributed by atoms with Crippen molar-refractivity contribution in [3.63, 3.8) is 0 Å². The SMILES string of the molecule is O=C(Nc1ccc(C(F)(F)F)cc1)C1CCN(S(=O)(=O)Cc2ccc(Cl)c(Cl)c2)CC1. The summed E-state index contributed by atoms with van der Waals surface area (Å²) in [6, 6.07) is 8.81. The number of nitrogens with zero attached hydrogens (tertiary/aromatic N) is 1. The van der Waals surface area contributed by atoms with Gasteiger partial charge in [-0.1, -0.05) is 29.3 Å². The van der Waals surface area contributed by atoms with E-state index in [0.29, 0.717) is 23.4 Å². The number of piperidine rings is 1. The second kappa shape index (κ2) is 9.36. The number of carbonyl (C=O) groups is 1. The van der Waals surface area contributed by atoms with Gasteiger partial charge in [0, 0.05) is 24.7 Å². The molecule has 1 heterocycles. The second-order valence-electron chi connectivity index (χ2n) is 7.24. The Morgan fingerprint density at radius 1 is 1.03 bits per heavy atom. The molecule has 1 saturated heterocycles. The fraction of sp³-hybridized carbons (Fsp3) is 0.350. The van der Waals surface area contributed by atoms with Gasteiger partial charge in [0.1, 0.15) is 0 Å². The topological polar surface area (TPSA) is 66.5 Å². The minimum atomic E-state index is -4.45. The first-order chi connectivity index (χ1) is 14.5. The first-order valence-electron chi connectivity index (χ1n) is 9.35. The van der Waals surface area contributed by atoms with Crippen LogP contribution >= 0.6 is 23.2 Å². The zero-order valence-corrected chi connectivity index (χ0v) is 18.5. The Hall–Kier alpha value is -1.81. The molecule has 31 heavy (non-hydrogen) atoms. The van der Waals surface area contributed by atoms with Crippen LogP contribution in [0.15, 0.2) is 42.5 Å².